The molecule has 1 amide bonds. The van der Waals surface area contributed by atoms with Crippen molar-refractivity contribution in [1.29, 1.82) is 0 Å². The van der Waals surface area contributed by atoms with Crippen molar-refractivity contribution in [2.24, 2.45) is 0 Å². The highest BCUT2D eigenvalue weighted by Gasteiger charge is 2.12. The Labute approximate surface area is 114 Å². The Morgan fingerprint density at radius 1 is 1.26 bits per heavy atom. The van der Waals surface area contributed by atoms with E-state index in [1.807, 2.05) is 12.1 Å². The van der Waals surface area contributed by atoms with Crippen LogP contribution in [0, 0.1) is 0 Å². The number of nitrogens with zero attached hydrogens (tertiary/aromatic N) is 1. The number of nitrogens with one attached hydrogen (secondary N) is 1. The van der Waals surface area contributed by atoms with Crippen molar-refractivity contribution < 1.29 is 9.53 Å². The first kappa shape index (κ1) is 13.9. The van der Waals surface area contributed by atoms with Crippen LogP contribution in [0.5, 0.6) is 0 Å². The molecule has 1 aliphatic heterocycles. The number of anilines is 1. The van der Waals surface area contributed by atoms with Gasteiger partial charge in [0.05, 0.1) is 13.0 Å². The van der Waals surface area contributed by atoms with Gasteiger partial charge in [0.1, 0.15) is 0 Å². The average molecular weight is 262 g/mol. The molecule has 0 bridgehead atoms. The van der Waals surface area contributed by atoms with Crippen molar-refractivity contribution in [3.8, 4) is 0 Å². The molecule has 1 heterocycles. The second-order valence-electron chi connectivity index (χ2n) is 4.88. The number of hydrogen-bond acceptors (Lipinski definition) is 3. The van der Waals surface area contributed by atoms with Gasteiger partial charge < -0.3 is 15.0 Å². The Kier molecular flexibility index (Phi) is 5.21. The van der Waals surface area contributed by atoms with Crippen molar-refractivity contribution >= 4 is 11.6 Å². The zero-order valence-corrected chi connectivity index (χ0v) is 11.5. The Morgan fingerprint density at radius 2 is 1.95 bits per heavy atom. The fourth-order valence-electron chi connectivity index (χ4n) is 2.34. The maximum atomic E-state index is 11.7. The minimum Gasteiger partial charge on any atom is -0.383 e. The minimum absolute atomic E-state index is 0.0472. The summed E-state index contributed by atoms with van der Waals surface area (Å²) < 4.78 is 4.89. The molecule has 1 aromatic carbocycles. The van der Waals surface area contributed by atoms with E-state index < -0.39 is 0 Å². The van der Waals surface area contributed by atoms with Crippen molar-refractivity contribution in [2.45, 2.75) is 19.3 Å². The molecule has 4 heteroatoms. The molecule has 0 atom stereocenters. The molecule has 1 N–H and O–H groups in total. The van der Waals surface area contributed by atoms with E-state index in [4.69, 9.17) is 4.74 Å². The Morgan fingerprint density at radius 3 is 2.58 bits per heavy atom. The summed E-state index contributed by atoms with van der Waals surface area (Å²) >= 11 is 0. The highest BCUT2D eigenvalue weighted by atomic mass is 16.5. The zero-order valence-electron chi connectivity index (χ0n) is 11.5. The van der Waals surface area contributed by atoms with Gasteiger partial charge in [-0.25, -0.2) is 0 Å². The van der Waals surface area contributed by atoms with Crippen LogP contribution < -0.4 is 10.2 Å². The van der Waals surface area contributed by atoms with Crippen LogP contribution >= 0.6 is 0 Å². The van der Waals surface area contributed by atoms with Gasteiger partial charge in [-0.2, -0.15) is 0 Å². The predicted molar refractivity (Wildman–Crippen MR) is 76.5 cm³/mol. The fourth-order valence-corrected chi connectivity index (χ4v) is 2.34. The van der Waals surface area contributed by atoms with Gasteiger partial charge in [0.25, 0.3) is 0 Å². The molecule has 0 aromatic heterocycles. The summed E-state index contributed by atoms with van der Waals surface area (Å²) in [6, 6.07) is 8.32. The van der Waals surface area contributed by atoms with Crippen molar-refractivity contribution in [3.63, 3.8) is 0 Å². The molecule has 1 saturated heterocycles. The molecule has 4 nitrogen and oxygen atoms in total. The van der Waals surface area contributed by atoms with Gasteiger partial charge in [0.15, 0.2) is 0 Å². The molecule has 1 aliphatic rings. The lowest BCUT2D eigenvalue weighted by Gasteiger charge is -2.17. The third-order valence-corrected chi connectivity index (χ3v) is 3.40. The predicted octanol–water partition coefficient (Wildman–Crippen LogP) is 1.59. The first-order chi connectivity index (χ1) is 9.29. The molecule has 0 radical (unpaired) electrons. The summed E-state index contributed by atoms with van der Waals surface area (Å²) in [7, 11) is 1.63. The highest BCUT2D eigenvalue weighted by Crippen LogP contribution is 2.20. The number of benzene rings is 1. The molecular formula is C15H22N2O2. The number of methoxy groups -OCH3 is 1. The van der Waals surface area contributed by atoms with Crippen LogP contribution in [0.2, 0.25) is 0 Å². The summed E-state index contributed by atoms with van der Waals surface area (Å²) in [6.45, 7) is 3.43. The molecular weight excluding hydrogens is 240 g/mol. The number of carbonyl (C=O) groups excluding carboxylic acids is 1. The maximum Gasteiger partial charge on any atom is 0.224 e. The van der Waals surface area contributed by atoms with Crippen LogP contribution in [0.1, 0.15) is 18.4 Å². The summed E-state index contributed by atoms with van der Waals surface area (Å²) in [5.74, 6) is 0.0472. The molecule has 0 spiro atoms. The van der Waals surface area contributed by atoms with Crippen LogP contribution in [0.4, 0.5) is 5.69 Å². The molecule has 1 aromatic rings. The second kappa shape index (κ2) is 7.14. The SMILES string of the molecule is COCCNC(=O)Cc1ccc(N2CCCC2)cc1. The van der Waals surface area contributed by atoms with E-state index in [1.54, 1.807) is 7.11 Å². The van der Waals surface area contributed by atoms with Crippen molar-refractivity contribution in [2.75, 3.05) is 38.3 Å². The van der Waals surface area contributed by atoms with E-state index in [-0.39, 0.29) is 5.91 Å². The number of rotatable bonds is 6. The fraction of sp³-hybridized carbons (Fsp3) is 0.533. The Bertz CT molecular complexity index is 397. The van der Waals surface area contributed by atoms with Gasteiger partial charge >= 0.3 is 0 Å². The standard InChI is InChI=1S/C15H22N2O2/c1-19-11-8-16-15(18)12-13-4-6-14(7-5-13)17-9-2-3-10-17/h4-7H,2-3,8-12H2,1H3,(H,16,18). The van der Waals surface area contributed by atoms with E-state index in [2.05, 4.69) is 22.3 Å². The van der Waals surface area contributed by atoms with Crippen molar-refractivity contribution in [1.82, 2.24) is 5.32 Å². The van der Waals surface area contributed by atoms with Gasteiger partial charge in [-0.05, 0) is 30.5 Å². The van der Waals surface area contributed by atoms with Crippen LogP contribution in [0.25, 0.3) is 0 Å². The second-order valence-corrected chi connectivity index (χ2v) is 4.88. The molecule has 2 rings (SSSR count). The summed E-state index contributed by atoms with van der Waals surface area (Å²) in [6.07, 6.45) is 3.00. The third kappa shape index (κ3) is 4.24. The van der Waals surface area contributed by atoms with Gasteiger partial charge in [0.2, 0.25) is 5.91 Å². The largest absolute Gasteiger partial charge is 0.383 e. The first-order valence-electron chi connectivity index (χ1n) is 6.89. The lowest BCUT2D eigenvalue weighted by atomic mass is 10.1. The quantitative estimate of drug-likeness (QED) is 0.792. The topological polar surface area (TPSA) is 41.6 Å². The molecule has 19 heavy (non-hydrogen) atoms. The summed E-state index contributed by atoms with van der Waals surface area (Å²) in [5.41, 5.74) is 2.32. The number of hydrogen-bond donors (Lipinski definition) is 1. The van der Waals surface area contributed by atoms with Crippen LogP contribution in [-0.2, 0) is 16.0 Å². The van der Waals surface area contributed by atoms with E-state index in [0.717, 1.165) is 18.7 Å². The van der Waals surface area contributed by atoms with E-state index in [0.29, 0.717) is 19.6 Å². The van der Waals surface area contributed by atoms with Gasteiger partial charge in [-0.3, -0.25) is 4.79 Å². The highest BCUT2D eigenvalue weighted by molar-refractivity contribution is 5.78. The molecule has 0 aliphatic carbocycles. The summed E-state index contributed by atoms with van der Waals surface area (Å²) in [5, 5.41) is 2.83. The van der Waals surface area contributed by atoms with Crippen LogP contribution in [0.3, 0.4) is 0 Å². The van der Waals surface area contributed by atoms with Crippen LogP contribution in [0.15, 0.2) is 24.3 Å². The average Bonchev–Trinajstić information content (AvgIpc) is 2.94. The van der Waals surface area contributed by atoms with Crippen molar-refractivity contribution in [3.05, 3.63) is 29.8 Å². The minimum atomic E-state index is 0.0472. The van der Waals surface area contributed by atoms with Gasteiger partial charge in [-0.15, -0.1) is 0 Å². The molecule has 0 unspecified atom stereocenters. The first-order valence-corrected chi connectivity index (χ1v) is 6.89. The van der Waals surface area contributed by atoms with E-state index >= 15 is 0 Å². The van der Waals surface area contributed by atoms with Gasteiger partial charge in [0, 0.05) is 32.4 Å². The lowest BCUT2D eigenvalue weighted by Crippen LogP contribution is -2.28. The van der Waals surface area contributed by atoms with Crippen LogP contribution in [-0.4, -0.2) is 39.3 Å². The zero-order chi connectivity index (χ0) is 13.5. The molecule has 0 saturated carbocycles. The normalized spacial score (nSPS) is 14.7. The Balaban J connectivity index is 1.82. The van der Waals surface area contributed by atoms with E-state index in [1.165, 1.54) is 18.5 Å². The number of ether oxygens (including phenoxy) is 1. The Hall–Kier alpha value is -1.55. The molecule has 1 fully saturated rings. The molecule has 104 valence electrons. The maximum absolute atomic E-state index is 11.7. The lowest BCUT2D eigenvalue weighted by molar-refractivity contribution is -0.120. The van der Waals surface area contributed by atoms with E-state index in [9.17, 15) is 4.79 Å². The smallest absolute Gasteiger partial charge is 0.224 e. The number of carbonyl (C=O) groups is 1. The third-order valence-electron chi connectivity index (χ3n) is 3.40. The van der Waals surface area contributed by atoms with Gasteiger partial charge in [-0.1, -0.05) is 12.1 Å². The monoisotopic (exact) mass is 262 g/mol. The summed E-state index contributed by atoms with van der Waals surface area (Å²) in [4.78, 5) is 14.0. The number of amides is 1.